The normalized spacial score (nSPS) is 18.4. The number of nitrogens with one attached hydrogen (secondary N) is 1. The van der Waals surface area contributed by atoms with Crippen LogP contribution in [0.2, 0.25) is 0 Å². The van der Waals surface area contributed by atoms with E-state index in [9.17, 15) is 9.59 Å². The largest absolute Gasteiger partial charge is 0.348 e. The van der Waals surface area contributed by atoms with Crippen molar-refractivity contribution in [1.82, 2.24) is 19.8 Å². The Morgan fingerprint density at radius 2 is 2.00 bits per heavy atom. The van der Waals surface area contributed by atoms with Crippen LogP contribution in [0.1, 0.15) is 53.5 Å². The fourth-order valence-electron chi connectivity index (χ4n) is 4.58. The van der Waals surface area contributed by atoms with Crippen LogP contribution in [0.3, 0.4) is 0 Å². The fourth-order valence-corrected chi connectivity index (χ4v) is 4.58. The monoisotopic (exact) mass is 366 g/mol. The Balaban J connectivity index is 1.59. The van der Waals surface area contributed by atoms with Crippen LogP contribution in [-0.2, 0) is 16.8 Å². The molecule has 2 amide bonds. The van der Waals surface area contributed by atoms with Crippen molar-refractivity contribution in [3.05, 3.63) is 53.1 Å². The first-order chi connectivity index (χ1) is 13.0. The molecule has 1 aromatic carbocycles. The molecule has 27 heavy (non-hydrogen) atoms. The quantitative estimate of drug-likeness (QED) is 0.888. The van der Waals surface area contributed by atoms with E-state index >= 15 is 0 Å². The molecule has 0 bridgehead atoms. The standard InChI is InChI=1S/C21H26N4O2/c1-3-18(26)25-10-7-17-19(23-14-22-17)21(25)8-11-24(12-9-21)20(27)16-6-4-5-15(2)13-16/h4-6,13-14H,3,7-12H2,1-2H3,(H,22,23). The van der Waals surface area contributed by atoms with Crippen molar-refractivity contribution in [1.29, 1.82) is 0 Å². The van der Waals surface area contributed by atoms with Crippen LogP contribution >= 0.6 is 0 Å². The molecule has 1 saturated heterocycles. The average molecular weight is 366 g/mol. The van der Waals surface area contributed by atoms with E-state index in [2.05, 4.69) is 9.97 Å². The lowest BCUT2D eigenvalue weighted by Gasteiger charge is -2.50. The van der Waals surface area contributed by atoms with Gasteiger partial charge in [-0.2, -0.15) is 0 Å². The third kappa shape index (κ3) is 2.93. The summed E-state index contributed by atoms with van der Waals surface area (Å²) in [4.78, 5) is 37.3. The molecule has 0 radical (unpaired) electrons. The maximum absolute atomic E-state index is 12.9. The first-order valence-corrected chi connectivity index (χ1v) is 9.74. The Kier molecular flexibility index (Phi) is 4.50. The van der Waals surface area contributed by atoms with E-state index in [0.717, 1.165) is 41.8 Å². The Bertz CT molecular complexity index is 865. The summed E-state index contributed by atoms with van der Waals surface area (Å²) in [5.74, 6) is 0.238. The maximum atomic E-state index is 12.9. The van der Waals surface area contributed by atoms with Crippen LogP contribution in [-0.4, -0.2) is 51.2 Å². The lowest BCUT2D eigenvalue weighted by atomic mass is 9.78. The lowest BCUT2D eigenvalue weighted by molar-refractivity contribution is -0.141. The van der Waals surface area contributed by atoms with Crippen molar-refractivity contribution < 1.29 is 9.59 Å². The Morgan fingerprint density at radius 1 is 1.22 bits per heavy atom. The van der Waals surface area contributed by atoms with Gasteiger partial charge in [-0.05, 0) is 31.9 Å². The number of likely N-dealkylation sites (tertiary alicyclic amines) is 1. The van der Waals surface area contributed by atoms with Crippen molar-refractivity contribution in [2.45, 2.75) is 45.1 Å². The third-order valence-electron chi connectivity index (χ3n) is 6.01. The van der Waals surface area contributed by atoms with Crippen molar-refractivity contribution in [3.63, 3.8) is 0 Å². The lowest BCUT2D eigenvalue weighted by Crippen LogP contribution is -2.58. The van der Waals surface area contributed by atoms with E-state index < -0.39 is 0 Å². The molecular formula is C21H26N4O2. The number of fused-ring (bicyclic) bond motifs is 2. The fraction of sp³-hybridized carbons (Fsp3) is 0.476. The van der Waals surface area contributed by atoms with Gasteiger partial charge in [0.2, 0.25) is 5.91 Å². The summed E-state index contributed by atoms with van der Waals surface area (Å²) in [7, 11) is 0. The number of nitrogens with zero attached hydrogens (tertiary/aromatic N) is 3. The molecule has 4 rings (SSSR count). The van der Waals surface area contributed by atoms with Gasteiger partial charge in [-0.1, -0.05) is 24.6 Å². The summed E-state index contributed by atoms with van der Waals surface area (Å²) in [6, 6.07) is 7.73. The van der Waals surface area contributed by atoms with Gasteiger partial charge < -0.3 is 14.8 Å². The molecule has 6 heteroatoms. The highest BCUT2D eigenvalue weighted by Crippen LogP contribution is 2.42. The van der Waals surface area contributed by atoms with Crippen LogP contribution in [0.25, 0.3) is 0 Å². The highest BCUT2D eigenvalue weighted by molar-refractivity contribution is 5.94. The molecule has 2 aliphatic heterocycles. The van der Waals surface area contributed by atoms with Gasteiger partial charge in [0, 0.05) is 43.7 Å². The van der Waals surface area contributed by atoms with Crippen LogP contribution in [0.4, 0.5) is 0 Å². The van der Waals surface area contributed by atoms with E-state index in [0.29, 0.717) is 26.1 Å². The second-order valence-electron chi connectivity index (χ2n) is 7.57. The molecule has 1 N–H and O–H groups in total. The molecule has 0 aliphatic carbocycles. The van der Waals surface area contributed by atoms with Gasteiger partial charge in [0.15, 0.2) is 0 Å². The van der Waals surface area contributed by atoms with E-state index in [1.165, 1.54) is 0 Å². The third-order valence-corrected chi connectivity index (χ3v) is 6.01. The smallest absolute Gasteiger partial charge is 0.253 e. The van der Waals surface area contributed by atoms with Crippen LogP contribution in [0.5, 0.6) is 0 Å². The molecular weight excluding hydrogens is 340 g/mol. The van der Waals surface area contributed by atoms with Gasteiger partial charge >= 0.3 is 0 Å². The Hall–Kier alpha value is -2.63. The molecule has 1 spiro atoms. The number of hydrogen-bond acceptors (Lipinski definition) is 3. The summed E-state index contributed by atoms with van der Waals surface area (Å²) in [5, 5.41) is 0. The number of benzene rings is 1. The number of H-pyrrole nitrogens is 1. The molecule has 6 nitrogen and oxygen atoms in total. The summed E-state index contributed by atoms with van der Waals surface area (Å²) in [5.41, 5.74) is 3.57. The Labute approximate surface area is 159 Å². The van der Waals surface area contributed by atoms with Gasteiger partial charge in [0.05, 0.1) is 17.6 Å². The van der Waals surface area contributed by atoms with Crippen LogP contribution in [0, 0.1) is 6.92 Å². The second-order valence-corrected chi connectivity index (χ2v) is 7.57. The number of carbonyl (C=O) groups is 2. The molecule has 0 saturated carbocycles. The minimum absolute atomic E-state index is 0.0694. The minimum Gasteiger partial charge on any atom is -0.348 e. The predicted molar refractivity (Wildman–Crippen MR) is 102 cm³/mol. The van der Waals surface area contributed by atoms with E-state index in [1.807, 2.05) is 47.9 Å². The summed E-state index contributed by atoms with van der Waals surface area (Å²) in [6.07, 6.45) is 4.50. The zero-order valence-corrected chi connectivity index (χ0v) is 16.0. The van der Waals surface area contributed by atoms with Gasteiger partial charge in [-0.25, -0.2) is 4.98 Å². The van der Waals surface area contributed by atoms with Crippen molar-refractivity contribution in [3.8, 4) is 0 Å². The van der Waals surface area contributed by atoms with Gasteiger partial charge in [0.1, 0.15) is 0 Å². The summed E-state index contributed by atoms with van der Waals surface area (Å²) < 4.78 is 0. The summed E-state index contributed by atoms with van der Waals surface area (Å²) >= 11 is 0. The van der Waals surface area contributed by atoms with Crippen LogP contribution < -0.4 is 0 Å². The molecule has 2 aromatic rings. The number of rotatable bonds is 2. The zero-order valence-electron chi connectivity index (χ0n) is 16.0. The molecule has 1 fully saturated rings. The number of piperidine rings is 1. The number of imidazole rings is 1. The molecule has 0 atom stereocenters. The van der Waals surface area contributed by atoms with Gasteiger partial charge in [-0.15, -0.1) is 0 Å². The SMILES string of the molecule is CCC(=O)N1CCc2[nH]cnc2C12CCN(C(=O)c1cccc(C)c1)CC2. The number of aromatic nitrogens is 2. The zero-order chi connectivity index (χ0) is 19.0. The number of aryl methyl sites for hydroxylation is 1. The first-order valence-electron chi connectivity index (χ1n) is 9.74. The van der Waals surface area contributed by atoms with Crippen molar-refractivity contribution in [2.75, 3.05) is 19.6 Å². The first kappa shape index (κ1) is 17.8. The van der Waals surface area contributed by atoms with E-state index in [4.69, 9.17) is 0 Å². The molecule has 3 heterocycles. The highest BCUT2D eigenvalue weighted by atomic mass is 16.2. The number of aromatic amines is 1. The molecule has 0 unspecified atom stereocenters. The van der Waals surface area contributed by atoms with Crippen LogP contribution in [0.15, 0.2) is 30.6 Å². The minimum atomic E-state index is -0.385. The van der Waals surface area contributed by atoms with E-state index in [1.54, 1.807) is 6.33 Å². The number of amides is 2. The topological polar surface area (TPSA) is 69.3 Å². The molecule has 142 valence electrons. The molecule has 2 aliphatic rings. The van der Waals surface area contributed by atoms with Crippen molar-refractivity contribution in [2.24, 2.45) is 0 Å². The number of carbonyl (C=O) groups excluding carboxylic acids is 2. The van der Waals surface area contributed by atoms with Gasteiger partial charge in [0.25, 0.3) is 5.91 Å². The summed E-state index contributed by atoms with van der Waals surface area (Å²) in [6.45, 7) is 5.89. The average Bonchev–Trinajstić information content (AvgIpc) is 3.18. The predicted octanol–water partition coefficient (Wildman–Crippen LogP) is 2.64. The highest BCUT2D eigenvalue weighted by Gasteiger charge is 2.48. The van der Waals surface area contributed by atoms with E-state index in [-0.39, 0.29) is 17.4 Å². The second kappa shape index (κ2) is 6.83. The molecule has 1 aromatic heterocycles. The van der Waals surface area contributed by atoms with Crippen molar-refractivity contribution >= 4 is 11.8 Å². The number of hydrogen-bond donors (Lipinski definition) is 1. The Morgan fingerprint density at radius 3 is 2.70 bits per heavy atom. The maximum Gasteiger partial charge on any atom is 0.253 e. The van der Waals surface area contributed by atoms with Gasteiger partial charge in [-0.3, -0.25) is 9.59 Å².